The molecule has 6 nitrogen and oxygen atoms in total. The lowest BCUT2D eigenvalue weighted by molar-refractivity contribution is -0.135. The number of hydrogen-bond donors (Lipinski definition) is 0. The zero-order valence-corrected chi connectivity index (χ0v) is 16.1. The summed E-state index contributed by atoms with van der Waals surface area (Å²) in [6.45, 7) is 10.0. The number of nitrogens with zero attached hydrogens (tertiary/aromatic N) is 4. The molecule has 0 saturated carbocycles. The van der Waals surface area contributed by atoms with E-state index in [0.717, 1.165) is 31.9 Å². The Morgan fingerprint density at radius 3 is 2.19 bits per heavy atom. The third-order valence-corrected chi connectivity index (χ3v) is 5.58. The molecule has 2 aliphatic heterocycles. The maximum atomic E-state index is 12.6. The van der Waals surface area contributed by atoms with Crippen molar-refractivity contribution >= 4 is 23.2 Å². The normalized spacial score (nSPS) is 21.3. The minimum absolute atomic E-state index is 0.0443. The lowest BCUT2D eigenvalue weighted by Crippen LogP contribution is -2.44. The molecule has 26 heavy (non-hydrogen) atoms. The molecule has 3 rings (SSSR count). The van der Waals surface area contributed by atoms with Gasteiger partial charge in [-0.1, -0.05) is 0 Å². The van der Waals surface area contributed by atoms with E-state index < -0.39 is 0 Å². The van der Waals surface area contributed by atoms with Crippen LogP contribution in [0.2, 0.25) is 0 Å². The number of rotatable bonds is 5. The minimum Gasteiger partial charge on any atom is -0.369 e. The second-order valence-electron chi connectivity index (χ2n) is 7.22. The van der Waals surface area contributed by atoms with Crippen LogP contribution in [0.1, 0.15) is 20.3 Å². The first-order valence-corrected chi connectivity index (χ1v) is 9.66. The van der Waals surface area contributed by atoms with Crippen LogP contribution < -0.4 is 9.80 Å². The van der Waals surface area contributed by atoms with Gasteiger partial charge in [0.05, 0.1) is 5.92 Å². The van der Waals surface area contributed by atoms with Crippen LogP contribution in [0, 0.1) is 5.92 Å². The summed E-state index contributed by atoms with van der Waals surface area (Å²) in [6, 6.07) is 8.20. The third-order valence-electron chi connectivity index (χ3n) is 5.58. The third kappa shape index (κ3) is 3.85. The summed E-state index contributed by atoms with van der Waals surface area (Å²) in [4.78, 5) is 33.3. The molecule has 0 N–H and O–H groups in total. The van der Waals surface area contributed by atoms with Crippen LogP contribution in [0.4, 0.5) is 11.4 Å². The van der Waals surface area contributed by atoms with Crippen LogP contribution in [-0.2, 0) is 9.59 Å². The molecule has 0 aliphatic carbocycles. The van der Waals surface area contributed by atoms with Gasteiger partial charge in [0.25, 0.3) is 0 Å². The molecule has 0 radical (unpaired) electrons. The van der Waals surface area contributed by atoms with Gasteiger partial charge in [0.15, 0.2) is 0 Å². The van der Waals surface area contributed by atoms with E-state index in [4.69, 9.17) is 0 Å². The molecule has 2 heterocycles. The molecule has 2 fully saturated rings. The van der Waals surface area contributed by atoms with Gasteiger partial charge in [-0.15, -0.1) is 0 Å². The Morgan fingerprint density at radius 1 is 1.04 bits per heavy atom. The largest absolute Gasteiger partial charge is 0.369 e. The average Bonchev–Trinajstić information content (AvgIpc) is 3.05. The van der Waals surface area contributed by atoms with Crippen LogP contribution in [0.5, 0.6) is 0 Å². The van der Waals surface area contributed by atoms with Gasteiger partial charge in [-0.25, -0.2) is 0 Å². The maximum absolute atomic E-state index is 12.6. The van der Waals surface area contributed by atoms with E-state index in [0.29, 0.717) is 26.1 Å². The van der Waals surface area contributed by atoms with Gasteiger partial charge < -0.3 is 19.6 Å². The molecule has 1 atom stereocenters. The standard InChI is InChI=1S/C20H30N4O2/c1-4-22(5-2)20(26)16-14-19(25)24(15-16)18-8-6-17(7-9-18)23-12-10-21(3)11-13-23/h6-9,16H,4-5,10-15H2,1-3H3. The van der Waals surface area contributed by atoms with Gasteiger partial charge in [-0.05, 0) is 45.2 Å². The van der Waals surface area contributed by atoms with E-state index in [9.17, 15) is 9.59 Å². The van der Waals surface area contributed by atoms with E-state index in [1.54, 1.807) is 4.90 Å². The first-order chi connectivity index (χ1) is 12.5. The summed E-state index contributed by atoms with van der Waals surface area (Å²) < 4.78 is 0. The Balaban J connectivity index is 1.66. The SMILES string of the molecule is CCN(CC)C(=O)C1CC(=O)N(c2ccc(N3CCN(C)CC3)cc2)C1. The van der Waals surface area contributed by atoms with Gasteiger partial charge in [-0.2, -0.15) is 0 Å². The molecule has 6 heteroatoms. The summed E-state index contributed by atoms with van der Waals surface area (Å²) in [6.07, 6.45) is 0.315. The van der Waals surface area contributed by atoms with Crippen LogP contribution in [-0.4, -0.2) is 74.5 Å². The molecular weight excluding hydrogens is 328 g/mol. The molecule has 0 aromatic heterocycles. The first-order valence-electron chi connectivity index (χ1n) is 9.66. The summed E-state index contributed by atoms with van der Waals surface area (Å²) >= 11 is 0. The minimum atomic E-state index is -0.222. The highest BCUT2D eigenvalue weighted by molar-refractivity contribution is 6.00. The number of piperazine rings is 1. The van der Waals surface area contributed by atoms with Gasteiger partial charge in [0.2, 0.25) is 11.8 Å². The number of likely N-dealkylation sites (N-methyl/N-ethyl adjacent to an activating group) is 1. The van der Waals surface area contributed by atoms with Crippen molar-refractivity contribution in [3.63, 3.8) is 0 Å². The predicted molar refractivity (Wildman–Crippen MR) is 105 cm³/mol. The second kappa shape index (κ2) is 8.08. The first kappa shape index (κ1) is 18.7. The molecular formula is C20H30N4O2. The predicted octanol–water partition coefficient (Wildman–Crippen LogP) is 1.66. The highest BCUT2D eigenvalue weighted by Gasteiger charge is 2.36. The topological polar surface area (TPSA) is 47.1 Å². The van der Waals surface area contributed by atoms with E-state index in [2.05, 4.69) is 29.0 Å². The summed E-state index contributed by atoms with van der Waals surface area (Å²) in [5, 5.41) is 0. The summed E-state index contributed by atoms with van der Waals surface area (Å²) in [5.41, 5.74) is 2.09. The van der Waals surface area contributed by atoms with E-state index in [1.807, 2.05) is 30.9 Å². The molecule has 1 aromatic carbocycles. The summed E-state index contributed by atoms with van der Waals surface area (Å²) in [5.74, 6) is -0.0810. The maximum Gasteiger partial charge on any atom is 0.227 e. The highest BCUT2D eigenvalue weighted by Crippen LogP contribution is 2.28. The number of hydrogen-bond acceptors (Lipinski definition) is 4. The molecule has 2 amide bonds. The van der Waals surface area contributed by atoms with Crippen LogP contribution in [0.25, 0.3) is 0 Å². The van der Waals surface area contributed by atoms with Crippen molar-refractivity contribution in [3.05, 3.63) is 24.3 Å². The van der Waals surface area contributed by atoms with Gasteiger partial charge >= 0.3 is 0 Å². The zero-order valence-electron chi connectivity index (χ0n) is 16.1. The fourth-order valence-electron chi connectivity index (χ4n) is 3.82. The smallest absolute Gasteiger partial charge is 0.227 e. The van der Waals surface area contributed by atoms with Crippen molar-refractivity contribution in [2.45, 2.75) is 20.3 Å². The Bertz CT molecular complexity index is 634. The lowest BCUT2D eigenvalue weighted by Gasteiger charge is -2.34. The quantitative estimate of drug-likeness (QED) is 0.803. The zero-order chi connectivity index (χ0) is 18.7. The number of amides is 2. The Kier molecular flexibility index (Phi) is 5.81. The Morgan fingerprint density at radius 2 is 1.62 bits per heavy atom. The summed E-state index contributed by atoms with van der Waals surface area (Å²) in [7, 11) is 2.15. The van der Waals surface area contributed by atoms with Crippen LogP contribution in [0.3, 0.4) is 0 Å². The number of anilines is 2. The van der Waals surface area contributed by atoms with Crippen LogP contribution in [0.15, 0.2) is 24.3 Å². The molecule has 2 saturated heterocycles. The lowest BCUT2D eigenvalue weighted by atomic mass is 10.1. The number of carbonyl (C=O) groups is 2. The molecule has 1 aromatic rings. The second-order valence-corrected chi connectivity index (χ2v) is 7.22. The Hall–Kier alpha value is -2.08. The van der Waals surface area contributed by atoms with Crippen LogP contribution >= 0.6 is 0 Å². The van der Waals surface area contributed by atoms with Crippen molar-refractivity contribution in [1.82, 2.24) is 9.80 Å². The fraction of sp³-hybridized carbons (Fsp3) is 0.600. The monoisotopic (exact) mass is 358 g/mol. The van der Waals surface area contributed by atoms with E-state index >= 15 is 0 Å². The van der Waals surface area contributed by atoms with Gasteiger partial charge in [-0.3, -0.25) is 9.59 Å². The average molecular weight is 358 g/mol. The van der Waals surface area contributed by atoms with Crippen molar-refractivity contribution in [3.8, 4) is 0 Å². The molecule has 1 unspecified atom stereocenters. The number of carbonyl (C=O) groups excluding carboxylic acids is 2. The molecule has 0 bridgehead atoms. The fourth-order valence-corrected chi connectivity index (χ4v) is 3.82. The molecule has 2 aliphatic rings. The van der Waals surface area contributed by atoms with Crippen molar-refractivity contribution in [1.29, 1.82) is 0 Å². The molecule has 0 spiro atoms. The van der Waals surface area contributed by atoms with Crippen molar-refractivity contribution in [2.24, 2.45) is 5.92 Å². The van der Waals surface area contributed by atoms with Gasteiger partial charge in [0, 0.05) is 63.6 Å². The van der Waals surface area contributed by atoms with E-state index in [-0.39, 0.29) is 17.7 Å². The van der Waals surface area contributed by atoms with Crippen molar-refractivity contribution < 1.29 is 9.59 Å². The molecule has 142 valence electrons. The van der Waals surface area contributed by atoms with E-state index in [1.165, 1.54) is 5.69 Å². The van der Waals surface area contributed by atoms with Gasteiger partial charge in [0.1, 0.15) is 0 Å². The number of benzene rings is 1. The van der Waals surface area contributed by atoms with Crippen molar-refractivity contribution in [2.75, 3.05) is 62.7 Å². The highest BCUT2D eigenvalue weighted by atomic mass is 16.2. The Labute approximate surface area is 156 Å².